The molecule has 1 saturated carbocycles. The van der Waals surface area contributed by atoms with E-state index in [4.69, 9.17) is 14.0 Å². The van der Waals surface area contributed by atoms with Crippen molar-refractivity contribution in [1.82, 2.24) is 0 Å². The van der Waals surface area contributed by atoms with Gasteiger partial charge >= 0.3 is 7.12 Å². The highest BCUT2D eigenvalue weighted by Crippen LogP contribution is 2.36. The predicted molar refractivity (Wildman–Crippen MR) is 85.1 cm³/mol. The second kappa shape index (κ2) is 5.29. The van der Waals surface area contributed by atoms with Gasteiger partial charge in [0, 0.05) is 0 Å². The van der Waals surface area contributed by atoms with Crippen molar-refractivity contribution < 1.29 is 14.0 Å². The summed E-state index contributed by atoms with van der Waals surface area (Å²) in [6.45, 7) is 8.08. The summed E-state index contributed by atoms with van der Waals surface area (Å²) in [4.78, 5) is 0. The van der Waals surface area contributed by atoms with Gasteiger partial charge in [-0.1, -0.05) is 6.07 Å². The van der Waals surface area contributed by atoms with Gasteiger partial charge in [0.2, 0.25) is 0 Å². The Morgan fingerprint density at radius 2 is 1.82 bits per heavy atom. The van der Waals surface area contributed by atoms with Crippen LogP contribution in [0.1, 0.15) is 52.5 Å². The number of nitriles is 1. The van der Waals surface area contributed by atoms with E-state index < -0.39 is 7.12 Å². The minimum absolute atomic E-state index is 0.259. The smallest absolute Gasteiger partial charge is 0.489 e. The van der Waals surface area contributed by atoms with Gasteiger partial charge in [-0.25, -0.2) is 0 Å². The minimum Gasteiger partial charge on any atom is -0.489 e. The molecule has 1 aromatic carbocycles. The van der Waals surface area contributed by atoms with E-state index in [1.807, 2.05) is 45.9 Å². The van der Waals surface area contributed by atoms with Crippen molar-refractivity contribution in [3.05, 3.63) is 23.8 Å². The van der Waals surface area contributed by atoms with Crippen LogP contribution in [-0.4, -0.2) is 24.4 Å². The Balaban J connectivity index is 1.82. The minimum atomic E-state index is -0.449. The van der Waals surface area contributed by atoms with Crippen molar-refractivity contribution >= 4 is 12.6 Å². The Labute approximate surface area is 132 Å². The standard InChI is InChI=1S/C17H22BNO3/c1-16(2)17(3,4)22-18(21-16)13-8-9-15(12(10-13)11-19)20-14-6-5-7-14/h8-10,14H,5-7H2,1-4H3. The number of nitrogens with zero attached hydrogens (tertiary/aromatic N) is 1. The molecule has 116 valence electrons. The fraction of sp³-hybridized carbons (Fsp3) is 0.588. The molecule has 4 nitrogen and oxygen atoms in total. The van der Waals surface area contributed by atoms with Crippen molar-refractivity contribution in [2.45, 2.75) is 64.3 Å². The fourth-order valence-electron chi connectivity index (χ4n) is 2.53. The van der Waals surface area contributed by atoms with Gasteiger partial charge in [0.25, 0.3) is 0 Å². The molecule has 0 amide bonds. The summed E-state index contributed by atoms with van der Waals surface area (Å²) in [5.41, 5.74) is 0.632. The molecule has 0 bridgehead atoms. The van der Waals surface area contributed by atoms with Gasteiger partial charge in [0.05, 0.1) is 22.9 Å². The second-order valence-corrected chi connectivity index (χ2v) is 7.13. The summed E-state index contributed by atoms with van der Waals surface area (Å²) in [5.74, 6) is 0.660. The van der Waals surface area contributed by atoms with Crippen LogP contribution in [0.15, 0.2) is 18.2 Å². The molecule has 1 saturated heterocycles. The molecule has 0 aromatic heterocycles. The maximum Gasteiger partial charge on any atom is 0.494 e. The van der Waals surface area contributed by atoms with Crippen molar-refractivity contribution in [3.8, 4) is 11.8 Å². The Bertz CT molecular complexity index is 601. The first-order chi connectivity index (χ1) is 10.3. The number of hydrogen-bond acceptors (Lipinski definition) is 4. The molecule has 0 unspecified atom stereocenters. The van der Waals surface area contributed by atoms with Crippen LogP contribution in [-0.2, 0) is 9.31 Å². The molecule has 0 atom stereocenters. The topological polar surface area (TPSA) is 51.5 Å². The normalized spacial score (nSPS) is 23.0. The van der Waals surface area contributed by atoms with Gasteiger partial charge in [-0.3, -0.25) is 0 Å². The van der Waals surface area contributed by atoms with Gasteiger partial charge < -0.3 is 14.0 Å². The molecule has 1 aliphatic heterocycles. The molecule has 22 heavy (non-hydrogen) atoms. The lowest BCUT2D eigenvalue weighted by atomic mass is 9.78. The molecule has 1 aromatic rings. The Morgan fingerprint density at radius 3 is 2.32 bits per heavy atom. The molecule has 0 radical (unpaired) electrons. The second-order valence-electron chi connectivity index (χ2n) is 7.13. The highest BCUT2D eigenvalue weighted by molar-refractivity contribution is 6.62. The third kappa shape index (κ3) is 2.62. The van der Waals surface area contributed by atoms with E-state index in [2.05, 4.69) is 6.07 Å². The van der Waals surface area contributed by atoms with Gasteiger partial charge in [-0.2, -0.15) is 5.26 Å². The van der Waals surface area contributed by atoms with Gasteiger partial charge in [-0.15, -0.1) is 0 Å². The molecule has 2 fully saturated rings. The summed E-state index contributed by atoms with van der Waals surface area (Å²) in [6, 6.07) is 7.82. The third-order valence-electron chi connectivity index (χ3n) is 5.00. The lowest BCUT2D eigenvalue weighted by molar-refractivity contribution is 0.00578. The zero-order chi connectivity index (χ0) is 16.0. The Kier molecular flexibility index (Phi) is 3.70. The Hall–Kier alpha value is -1.51. The largest absolute Gasteiger partial charge is 0.494 e. The monoisotopic (exact) mass is 299 g/mol. The van der Waals surface area contributed by atoms with Gasteiger partial charge in [0.1, 0.15) is 11.8 Å². The number of rotatable bonds is 3. The fourth-order valence-corrected chi connectivity index (χ4v) is 2.53. The molecule has 2 aliphatic rings. The molecular formula is C17H22BNO3. The summed E-state index contributed by atoms with van der Waals surface area (Å²) in [5, 5.41) is 9.38. The van der Waals surface area contributed by atoms with Crippen LogP contribution in [0.2, 0.25) is 0 Å². The molecule has 5 heteroatoms. The number of ether oxygens (including phenoxy) is 1. The summed E-state index contributed by atoms with van der Waals surface area (Å²) < 4.78 is 17.9. The average Bonchev–Trinajstić information content (AvgIpc) is 2.63. The molecular weight excluding hydrogens is 277 g/mol. The van der Waals surface area contributed by atoms with Crippen molar-refractivity contribution in [2.24, 2.45) is 0 Å². The van der Waals surface area contributed by atoms with Gasteiger partial charge in [-0.05, 0) is 64.6 Å². The molecule has 0 spiro atoms. The highest BCUT2D eigenvalue weighted by Gasteiger charge is 2.51. The van der Waals surface area contributed by atoms with Crippen LogP contribution >= 0.6 is 0 Å². The lowest BCUT2D eigenvalue weighted by Crippen LogP contribution is -2.41. The first kappa shape index (κ1) is 15.4. The van der Waals surface area contributed by atoms with Gasteiger partial charge in [0.15, 0.2) is 0 Å². The van der Waals surface area contributed by atoms with Crippen LogP contribution in [0, 0.1) is 11.3 Å². The van der Waals surface area contributed by atoms with Crippen molar-refractivity contribution in [3.63, 3.8) is 0 Å². The van der Waals surface area contributed by atoms with Crippen LogP contribution in [0.5, 0.6) is 5.75 Å². The molecule has 3 rings (SSSR count). The van der Waals surface area contributed by atoms with E-state index in [-0.39, 0.29) is 17.3 Å². The maximum absolute atomic E-state index is 9.38. The molecule has 1 aliphatic carbocycles. The SMILES string of the molecule is CC1(C)OB(c2ccc(OC3CCC3)c(C#N)c2)OC1(C)C. The predicted octanol–water partition coefficient (Wildman–Crippen LogP) is 2.79. The van der Waals surface area contributed by atoms with E-state index in [0.717, 1.165) is 18.3 Å². The lowest BCUT2D eigenvalue weighted by Gasteiger charge is -2.32. The first-order valence-corrected chi connectivity index (χ1v) is 7.89. The zero-order valence-corrected chi connectivity index (χ0v) is 13.7. The number of hydrogen-bond donors (Lipinski definition) is 0. The van der Waals surface area contributed by atoms with Crippen LogP contribution in [0.25, 0.3) is 0 Å². The summed E-state index contributed by atoms with van der Waals surface area (Å²) in [6.07, 6.45) is 3.61. The zero-order valence-electron chi connectivity index (χ0n) is 13.7. The van der Waals surface area contributed by atoms with Crippen LogP contribution < -0.4 is 10.2 Å². The molecule has 0 N–H and O–H groups in total. The van der Waals surface area contributed by atoms with E-state index in [1.54, 1.807) is 0 Å². The maximum atomic E-state index is 9.38. The number of benzene rings is 1. The van der Waals surface area contributed by atoms with Crippen molar-refractivity contribution in [1.29, 1.82) is 5.26 Å². The van der Waals surface area contributed by atoms with E-state index in [9.17, 15) is 5.26 Å². The van der Waals surface area contributed by atoms with Crippen LogP contribution in [0.4, 0.5) is 0 Å². The van der Waals surface area contributed by atoms with E-state index in [0.29, 0.717) is 11.3 Å². The highest BCUT2D eigenvalue weighted by atomic mass is 16.7. The third-order valence-corrected chi connectivity index (χ3v) is 5.00. The summed E-state index contributed by atoms with van der Waals surface area (Å²) in [7, 11) is -0.449. The van der Waals surface area contributed by atoms with E-state index >= 15 is 0 Å². The van der Waals surface area contributed by atoms with Crippen molar-refractivity contribution in [2.75, 3.05) is 0 Å². The Morgan fingerprint density at radius 1 is 1.18 bits per heavy atom. The summed E-state index contributed by atoms with van der Waals surface area (Å²) >= 11 is 0. The quantitative estimate of drug-likeness (QED) is 0.805. The average molecular weight is 299 g/mol. The first-order valence-electron chi connectivity index (χ1n) is 7.89. The molecule has 1 heterocycles. The van der Waals surface area contributed by atoms with E-state index in [1.165, 1.54) is 6.42 Å². The van der Waals surface area contributed by atoms with Crippen LogP contribution in [0.3, 0.4) is 0 Å².